The Morgan fingerprint density at radius 3 is 1.40 bits per heavy atom. The molecule has 0 aliphatic rings. The van der Waals surface area contributed by atoms with Crippen molar-refractivity contribution in [2.75, 3.05) is 13.2 Å². The molecule has 6 nitrogen and oxygen atoms in total. The Labute approximate surface area is 322 Å². The summed E-state index contributed by atoms with van der Waals surface area (Å²) in [7, 11) is 0. The van der Waals surface area contributed by atoms with Crippen molar-refractivity contribution in [3.63, 3.8) is 0 Å². The fourth-order valence-corrected chi connectivity index (χ4v) is 6.68. The fourth-order valence-electron chi connectivity index (χ4n) is 6.68. The molecule has 0 aromatic carbocycles. The standard InChI is InChI=1S/C46H87NO5/c1-3-5-7-9-11-13-15-20-24-28-32-36-40-46(51)52-41-37-33-29-25-21-17-16-19-23-27-31-35-39-45(50)47-43(42-48)44(49)38-34-30-26-22-18-14-12-10-8-6-4-2/h11,13,17,21,43-44,48-49H,3-10,12,14-16,18-20,22-42H2,1-2H3,(H,47,50)/b13-11-,21-17-. The van der Waals surface area contributed by atoms with Crippen LogP contribution in [-0.2, 0) is 14.3 Å². The Kier molecular flexibility index (Phi) is 40.7. The van der Waals surface area contributed by atoms with Gasteiger partial charge in [0.25, 0.3) is 0 Å². The number of carbonyl (C=O) groups is 2. The Morgan fingerprint density at radius 2 is 0.904 bits per heavy atom. The second-order valence-corrected chi connectivity index (χ2v) is 15.4. The Balaban J connectivity index is 3.53. The second-order valence-electron chi connectivity index (χ2n) is 15.4. The molecular weight excluding hydrogens is 647 g/mol. The van der Waals surface area contributed by atoms with Gasteiger partial charge in [-0.25, -0.2) is 0 Å². The third-order valence-electron chi connectivity index (χ3n) is 10.2. The molecule has 0 aliphatic heterocycles. The maximum atomic E-state index is 12.4. The summed E-state index contributed by atoms with van der Waals surface area (Å²) in [6, 6.07) is -0.558. The maximum Gasteiger partial charge on any atom is 0.305 e. The van der Waals surface area contributed by atoms with Crippen molar-refractivity contribution in [2.45, 2.75) is 244 Å². The van der Waals surface area contributed by atoms with Gasteiger partial charge in [0.1, 0.15) is 0 Å². The van der Waals surface area contributed by atoms with E-state index in [1.807, 2.05) is 0 Å². The number of allylic oxidation sites excluding steroid dienone is 4. The highest BCUT2D eigenvalue weighted by atomic mass is 16.5. The van der Waals surface area contributed by atoms with Crippen LogP contribution >= 0.6 is 0 Å². The summed E-state index contributed by atoms with van der Waals surface area (Å²) in [5, 5.41) is 23.1. The van der Waals surface area contributed by atoms with Gasteiger partial charge in [-0.1, -0.05) is 160 Å². The van der Waals surface area contributed by atoms with Crippen molar-refractivity contribution in [3.05, 3.63) is 24.3 Å². The number of rotatable bonds is 41. The molecule has 0 saturated heterocycles. The first kappa shape index (κ1) is 50.3. The third-order valence-corrected chi connectivity index (χ3v) is 10.2. The first-order valence-electron chi connectivity index (χ1n) is 22.6. The largest absolute Gasteiger partial charge is 0.466 e. The molecule has 2 unspecified atom stereocenters. The van der Waals surface area contributed by atoms with E-state index in [1.165, 1.54) is 122 Å². The number of ether oxygens (including phenoxy) is 1. The minimum atomic E-state index is -0.678. The van der Waals surface area contributed by atoms with Crippen molar-refractivity contribution < 1.29 is 24.5 Å². The van der Waals surface area contributed by atoms with Crippen molar-refractivity contribution in [1.82, 2.24) is 5.32 Å². The first-order valence-corrected chi connectivity index (χ1v) is 22.6. The van der Waals surface area contributed by atoms with Crippen LogP contribution < -0.4 is 5.32 Å². The molecule has 2 atom stereocenters. The lowest BCUT2D eigenvalue weighted by molar-refractivity contribution is -0.143. The highest BCUT2D eigenvalue weighted by Crippen LogP contribution is 2.15. The van der Waals surface area contributed by atoms with Gasteiger partial charge in [-0.3, -0.25) is 9.59 Å². The van der Waals surface area contributed by atoms with Gasteiger partial charge in [0, 0.05) is 12.8 Å². The SMILES string of the molecule is CCCCC/C=C\CCCCCCCC(=O)OCCCCC/C=C\CCCCCCCC(=O)NC(CO)C(O)CCCCCCCCCCCCC. The van der Waals surface area contributed by atoms with Crippen molar-refractivity contribution in [1.29, 1.82) is 0 Å². The molecule has 0 aromatic heterocycles. The van der Waals surface area contributed by atoms with Crippen LogP contribution in [0.1, 0.15) is 232 Å². The second kappa shape index (κ2) is 42.1. The Hall–Kier alpha value is -1.66. The monoisotopic (exact) mass is 734 g/mol. The van der Waals surface area contributed by atoms with E-state index in [-0.39, 0.29) is 18.5 Å². The van der Waals surface area contributed by atoms with Gasteiger partial charge < -0.3 is 20.3 Å². The van der Waals surface area contributed by atoms with Gasteiger partial charge >= 0.3 is 5.97 Å². The number of unbranched alkanes of at least 4 members (excludes halogenated alkanes) is 26. The minimum absolute atomic E-state index is 0.0337. The Bertz CT molecular complexity index is 813. The zero-order valence-corrected chi connectivity index (χ0v) is 34.5. The molecule has 0 fully saturated rings. The first-order chi connectivity index (χ1) is 25.5. The smallest absolute Gasteiger partial charge is 0.305 e. The summed E-state index contributed by atoms with van der Waals surface area (Å²) in [4.78, 5) is 24.3. The topological polar surface area (TPSA) is 95.9 Å². The molecule has 0 heterocycles. The van der Waals surface area contributed by atoms with Crippen molar-refractivity contribution in [3.8, 4) is 0 Å². The van der Waals surface area contributed by atoms with Crippen LogP contribution in [0.2, 0.25) is 0 Å². The molecule has 0 saturated carbocycles. The molecule has 0 aromatic rings. The number of amides is 1. The van der Waals surface area contributed by atoms with Gasteiger partial charge in [-0.15, -0.1) is 0 Å². The number of carbonyl (C=O) groups excluding carboxylic acids is 2. The van der Waals surface area contributed by atoms with Crippen LogP contribution in [0.15, 0.2) is 24.3 Å². The van der Waals surface area contributed by atoms with Crippen LogP contribution in [0.3, 0.4) is 0 Å². The van der Waals surface area contributed by atoms with E-state index < -0.39 is 12.1 Å². The van der Waals surface area contributed by atoms with E-state index in [0.717, 1.165) is 77.0 Å². The lowest BCUT2D eigenvalue weighted by atomic mass is 10.0. The average molecular weight is 734 g/mol. The number of hydrogen-bond donors (Lipinski definition) is 3. The Morgan fingerprint density at radius 1 is 0.519 bits per heavy atom. The van der Waals surface area contributed by atoms with E-state index in [2.05, 4.69) is 43.5 Å². The molecule has 6 heteroatoms. The van der Waals surface area contributed by atoms with E-state index in [4.69, 9.17) is 4.74 Å². The summed E-state index contributed by atoms with van der Waals surface area (Å²) in [5.74, 6) is -0.0974. The van der Waals surface area contributed by atoms with Gasteiger partial charge in [0.2, 0.25) is 5.91 Å². The lowest BCUT2D eigenvalue weighted by Gasteiger charge is -2.22. The summed E-state index contributed by atoms with van der Waals surface area (Å²) in [6.45, 7) is 4.84. The summed E-state index contributed by atoms with van der Waals surface area (Å²) in [5.41, 5.74) is 0. The van der Waals surface area contributed by atoms with Gasteiger partial charge in [0.15, 0.2) is 0 Å². The predicted molar refractivity (Wildman–Crippen MR) is 223 cm³/mol. The number of hydrogen-bond acceptors (Lipinski definition) is 5. The minimum Gasteiger partial charge on any atom is -0.466 e. The van der Waals surface area contributed by atoms with Crippen LogP contribution in [0.25, 0.3) is 0 Å². The van der Waals surface area contributed by atoms with Gasteiger partial charge in [-0.05, 0) is 83.5 Å². The number of aliphatic hydroxyl groups excluding tert-OH is 2. The van der Waals surface area contributed by atoms with E-state index in [1.54, 1.807) is 0 Å². The molecule has 1 amide bonds. The normalized spacial score (nSPS) is 12.9. The van der Waals surface area contributed by atoms with Crippen molar-refractivity contribution >= 4 is 11.9 Å². The highest BCUT2D eigenvalue weighted by Gasteiger charge is 2.20. The zero-order valence-electron chi connectivity index (χ0n) is 34.5. The molecule has 52 heavy (non-hydrogen) atoms. The van der Waals surface area contributed by atoms with Gasteiger partial charge in [-0.2, -0.15) is 0 Å². The number of aliphatic hydroxyl groups is 2. The highest BCUT2D eigenvalue weighted by molar-refractivity contribution is 5.76. The maximum absolute atomic E-state index is 12.4. The van der Waals surface area contributed by atoms with Crippen LogP contribution in [0.5, 0.6) is 0 Å². The lowest BCUT2D eigenvalue weighted by Crippen LogP contribution is -2.45. The van der Waals surface area contributed by atoms with Crippen LogP contribution in [0.4, 0.5) is 0 Å². The van der Waals surface area contributed by atoms with Crippen molar-refractivity contribution in [2.24, 2.45) is 0 Å². The molecule has 0 spiro atoms. The molecular formula is C46H87NO5. The van der Waals surface area contributed by atoms with Crippen LogP contribution in [0, 0.1) is 0 Å². The molecule has 306 valence electrons. The fraction of sp³-hybridized carbons (Fsp3) is 0.870. The van der Waals surface area contributed by atoms with E-state index in [9.17, 15) is 19.8 Å². The molecule has 3 N–H and O–H groups in total. The van der Waals surface area contributed by atoms with Gasteiger partial charge in [0.05, 0.1) is 25.4 Å². The average Bonchev–Trinajstić information content (AvgIpc) is 3.14. The predicted octanol–water partition coefficient (Wildman–Crippen LogP) is 12.8. The van der Waals surface area contributed by atoms with E-state index in [0.29, 0.717) is 25.9 Å². The summed E-state index contributed by atoms with van der Waals surface area (Å²) < 4.78 is 5.41. The quantitative estimate of drug-likeness (QED) is 0.0330. The number of esters is 1. The molecule has 0 rings (SSSR count). The third kappa shape index (κ3) is 38.1. The van der Waals surface area contributed by atoms with E-state index >= 15 is 0 Å². The number of nitrogens with one attached hydrogen (secondary N) is 1. The van der Waals surface area contributed by atoms with Crippen LogP contribution in [-0.4, -0.2) is 47.4 Å². The molecule has 0 radical (unpaired) electrons. The summed E-state index contributed by atoms with van der Waals surface area (Å²) in [6.07, 6.45) is 47.0. The molecule has 0 aliphatic carbocycles. The zero-order chi connectivity index (χ0) is 38.0. The molecule has 0 bridgehead atoms. The summed E-state index contributed by atoms with van der Waals surface area (Å²) >= 11 is 0.